The summed E-state index contributed by atoms with van der Waals surface area (Å²) >= 11 is 0. The standard InChI is InChI=1S/C20H27N3Si/c1-7-20(15-21,14-18-13-16(3)22-23(18)8-2)17-9-11-19(12-10-17)24(4,5)6/h7,9-13H,1,8,14H2,2-6H3. The van der Waals surface area contributed by atoms with Crippen LogP contribution < -0.4 is 5.19 Å². The van der Waals surface area contributed by atoms with Gasteiger partial charge in [0.25, 0.3) is 0 Å². The first kappa shape index (κ1) is 18.2. The van der Waals surface area contributed by atoms with Crippen LogP contribution in [0.5, 0.6) is 0 Å². The molecule has 2 rings (SSSR count). The Morgan fingerprint density at radius 3 is 2.38 bits per heavy atom. The van der Waals surface area contributed by atoms with Crippen LogP contribution in [-0.2, 0) is 18.4 Å². The molecule has 0 aliphatic heterocycles. The van der Waals surface area contributed by atoms with Gasteiger partial charge in [0.15, 0.2) is 0 Å². The maximum atomic E-state index is 9.95. The van der Waals surface area contributed by atoms with E-state index in [0.717, 1.165) is 23.5 Å². The molecule has 0 saturated carbocycles. The van der Waals surface area contributed by atoms with E-state index >= 15 is 0 Å². The number of hydrogen-bond acceptors (Lipinski definition) is 2. The normalized spacial score (nSPS) is 14.0. The highest BCUT2D eigenvalue weighted by Gasteiger charge is 2.31. The number of nitrogens with zero attached hydrogens (tertiary/aromatic N) is 3. The maximum absolute atomic E-state index is 9.95. The first-order valence-corrected chi connectivity index (χ1v) is 11.9. The first-order valence-electron chi connectivity index (χ1n) is 8.45. The van der Waals surface area contributed by atoms with E-state index in [4.69, 9.17) is 0 Å². The first-order chi connectivity index (χ1) is 11.3. The van der Waals surface area contributed by atoms with E-state index in [9.17, 15) is 5.26 Å². The van der Waals surface area contributed by atoms with Gasteiger partial charge in [-0.25, -0.2) is 0 Å². The summed E-state index contributed by atoms with van der Waals surface area (Å²) < 4.78 is 1.97. The molecular formula is C20H27N3Si. The SMILES string of the molecule is C=CC(C#N)(Cc1cc(C)nn1CC)c1ccc([Si](C)(C)C)cc1. The Morgan fingerprint density at radius 2 is 1.92 bits per heavy atom. The number of benzene rings is 1. The molecule has 1 heterocycles. The van der Waals surface area contributed by atoms with Crippen LogP contribution >= 0.6 is 0 Å². The Bertz CT molecular complexity index is 760. The third-order valence-corrected chi connectivity index (χ3v) is 6.62. The minimum absolute atomic E-state index is 0.591. The van der Waals surface area contributed by atoms with Gasteiger partial charge in [-0.05, 0) is 25.5 Å². The molecule has 4 heteroatoms. The van der Waals surface area contributed by atoms with E-state index < -0.39 is 13.5 Å². The van der Waals surface area contributed by atoms with Crippen LogP contribution in [0.2, 0.25) is 19.6 Å². The van der Waals surface area contributed by atoms with E-state index in [1.165, 1.54) is 5.19 Å². The molecule has 0 fully saturated rings. The topological polar surface area (TPSA) is 41.6 Å². The number of nitriles is 1. The number of allylic oxidation sites excluding steroid dienone is 1. The molecule has 0 spiro atoms. The van der Waals surface area contributed by atoms with E-state index in [2.05, 4.69) is 74.6 Å². The van der Waals surface area contributed by atoms with Crippen LogP contribution in [0.4, 0.5) is 0 Å². The van der Waals surface area contributed by atoms with E-state index in [-0.39, 0.29) is 0 Å². The number of aryl methyl sites for hydroxylation is 2. The van der Waals surface area contributed by atoms with Crippen molar-refractivity contribution in [2.24, 2.45) is 0 Å². The molecule has 1 unspecified atom stereocenters. The van der Waals surface area contributed by atoms with E-state index in [0.29, 0.717) is 6.42 Å². The predicted octanol–water partition coefficient (Wildman–Crippen LogP) is 3.95. The summed E-state index contributed by atoms with van der Waals surface area (Å²) in [6.45, 7) is 15.8. The molecule has 0 amide bonds. The minimum atomic E-state index is -1.34. The van der Waals surface area contributed by atoms with Crippen LogP contribution in [0.3, 0.4) is 0 Å². The molecule has 1 atom stereocenters. The van der Waals surface area contributed by atoms with Crippen LogP contribution in [0, 0.1) is 18.3 Å². The fraction of sp³-hybridized carbons (Fsp3) is 0.400. The van der Waals surface area contributed by atoms with Crippen molar-refractivity contribution in [3.05, 3.63) is 59.9 Å². The van der Waals surface area contributed by atoms with Crippen molar-refractivity contribution < 1.29 is 0 Å². The Labute approximate surface area is 146 Å². The molecule has 24 heavy (non-hydrogen) atoms. The Balaban J connectivity index is 2.44. The largest absolute Gasteiger partial charge is 0.270 e. The Morgan fingerprint density at radius 1 is 1.29 bits per heavy atom. The van der Waals surface area contributed by atoms with Gasteiger partial charge in [-0.15, -0.1) is 6.58 Å². The molecule has 0 N–H and O–H groups in total. The highest BCUT2D eigenvalue weighted by atomic mass is 28.3. The summed E-state index contributed by atoms with van der Waals surface area (Å²) in [5.74, 6) is 0. The zero-order chi connectivity index (χ0) is 18.0. The predicted molar refractivity (Wildman–Crippen MR) is 103 cm³/mol. The van der Waals surface area contributed by atoms with Gasteiger partial charge in [0.1, 0.15) is 5.41 Å². The monoisotopic (exact) mass is 337 g/mol. The highest BCUT2D eigenvalue weighted by Crippen LogP contribution is 2.29. The lowest BCUT2D eigenvalue weighted by Crippen LogP contribution is -2.37. The van der Waals surface area contributed by atoms with Gasteiger partial charge in [-0.1, -0.05) is 55.2 Å². The van der Waals surface area contributed by atoms with Crippen molar-refractivity contribution in [3.8, 4) is 6.07 Å². The van der Waals surface area contributed by atoms with Gasteiger partial charge >= 0.3 is 0 Å². The zero-order valence-corrected chi connectivity index (χ0v) is 16.4. The fourth-order valence-corrected chi connectivity index (χ4v) is 4.18. The molecule has 0 bridgehead atoms. The zero-order valence-electron chi connectivity index (χ0n) is 15.4. The molecule has 1 aromatic carbocycles. The number of hydrogen-bond donors (Lipinski definition) is 0. The van der Waals surface area contributed by atoms with Gasteiger partial charge in [-0.2, -0.15) is 10.4 Å². The summed E-state index contributed by atoms with van der Waals surface area (Å²) in [6.07, 6.45) is 2.37. The highest BCUT2D eigenvalue weighted by molar-refractivity contribution is 6.88. The Hall–Kier alpha value is -2.12. The van der Waals surface area contributed by atoms with Crippen molar-refractivity contribution in [1.29, 1.82) is 5.26 Å². The van der Waals surface area contributed by atoms with Gasteiger partial charge in [0.2, 0.25) is 0 Å². The fourth-order valence-electron chi connectivity index (χ4n) is 3.01. The van der Waals surface area contributed by atoms with E-state index in [1.54, 1.807) is 6.08 Å². The van der Waals surface area contributed by atoms with Crippen LogP contribution in [-0.4, -0.2) is 17.9 Å². The maximum Gasteiger partial charge on any atom is 0.105 e. The second-order valence-electron chi connectivity index (χ2n) is 7.38. The minimum Gasteiger partial charge on any atom is -0.270 e. The van der Waals surface area contributed by atoms with Crippen molar-refractivity contribution in [1.82, 2.24) is 9.78 Å². The second-order valence-corrected chi connectivity index (χ2v) is 12.5. The molecule has 3 nitrogen and oxygen atoms in total. The second kappa shape index (κ2) is 6.78. The van der Waals surface area contributed by atoms with Gasteiger partial charge in [0.05, 0.1) is 19.8 Å². The lowest BCUT2D eigenvalue weighted by Gasteiger charge is -2.25. The third kappa shape index (κ3) is 3.52. The lowest BCUT2D eigenvalue weighted by molar-refractivity contribution is 0.574. The molecular weight excluding hydrogens is 310 g/mol. The third-order valence-electron chi connectivity index (χ3n) is 4.56. The number of rotatable bonds is 6. The molecule has 0 radical (unpaired) electrons. The molecule has 0 aliphatic rings. The summed E-state index contributed by atoms with van der Waals surface area (Å²) in [6, 6.07) is 13.1. The Kier molecular flexibility index (Phi) is 5.15. The molecule has 2 aromatic rings. The van der Waals surface area contributed by atoms with Crippen molar-refractivity contribution in [3.63, 3.8) is 0 Å². The van der Waals surface area contributed by atoms with Crippen LogP contribution in [0.1, 0.15) is 23.9 Å². The van der Waals surface area contributed by atoms with Crippen LogP contribution in [0.25, 0.3) is 0 Å². The smallest absolute Gasteiger partial charge is 0.105 e. The van der Waals surface area contributed by atoms with Gasteiger partial charge < -0.3 is 0 Å². The summed E-state index contributed by atoms with van der Waals surface area (Å²) in [4.78, 5) is 0. The summed E-state index contributed by atoms with van der Waals surface area (Å²) in [5, 5.41) is 15.8. The molecule has 1 aromatic heterocycles. The van der Waals surface area contributed by atoms with Gasteiger partial charge in [0, 0.05) is 18.7 Å². The average Bonchev–Trinajstić information content (AvgIpc) is 2.91. The summed E-state index contributed by atoms with van der Waals surface area (Å²) in [5.41, 5.74) is 2.34. The van der Waals surface area contributed by atoms with Crippen molar-refractivity contribution in [2.75, 3.05) is 0 Å². The summed E-state index contributed by atoms with van der Waals surface area (Å²) in [7, 11) is -1.34. The number of aromatic nitrogens is 2. The molecule has 126 valence electrons. The van der Waals surface area contributed by atoms with Crippen molar-refractivity contribution >= 4 is 13.3 Å². The van der Waals surface area contributed by atoms with Gasteiger partial charge in [-0.3, -0.25) is 4.68 Å². The van der Waals surface area contributed by atoms with Crippen molar-refractivity contribution in [2.45, 2.75) is 51.9 Å². The lowest BCUT2D eigenvalue weighted by atomic mass is 9.78. The molecule has 0 saturated heterocycles. The van der Waals surface area contributed by atoms with Crippen LogP contribution in [0.15, 0.2) is 43.0 Å². The van der Waals surface area contributed by atoms with E-state index in [1.807, 2.05) is 11.6 Å². The molecule has 0 aliphatic carbocycles. The quantitative estimate of drug-likeness (QED) is 0.591. The average molecular weight is 338 g/mol.